The zero-order valence-corrected chi connectivity index (χ0v) is 10.5. The molecule has 0 heterocycles. The first-order valence-electron chi connectivity index (χ1n) is 5.74. The Balaban J connectivity index is 2.87. The molecule has 18 heavy (non-hydrogen) atoms. The van der Waals surface area contributed by atoms with Crippen LogP contribution in [-0.4, -0.2) is 18.8 Å². The maximum atomic E-state index is 8.57. The highest BCUT2D eigenvalue weighted by molar-refractivity contribution is 6.10. The lowest BCUT2D eigenvalue weighted by atomic mass is 10.2. The Morgan fingerprint density at radius 1 is 1.28 bits per heavy atom. The molecule has 0 aliphatic rings. The van der Waals surface area contributed by atoms with Gasteiger partial charge in [0.2, 0.25) is 5.71 Å². The van der Waals surface area contributed by atoms with Gasteiger partial charge in [0.25, 0.3) is 0 Å². The number of hydrazone groups is 1. The zero-order chi connectivity index (χ0) is 13.4. The Morgan fingerprint density at radius 3 is 2.50 bits per heavy atom. The molecule has 0 spiro atoms. The van der Waals surface area contributed by atoms with Crippen molar-refractivity contribution in [1.29, 1.82) is 10.5 Å². The SMILES string of the molecule is CCN(CC)c1cccc(NN=C(C#N)C#N)c1. The second-order valence-electron chi connectivity index (χ2n) is 3.52. The minimum atomic E-state index is -0.191. The van der Waals surface area contributed by atoms with Gasteiger partial charge in [-0.1, -0.05) is 6.07 Å². The number of benzene rings is 1. The van der Waals surface area contributed by atoms with Crippen LogP contribution in [0.2, 0.25) is 0 Å². The van der Waals surface area contributed by atoms with Crippen molar-refractivity contribution in [2.75, 3.05) is 23.4 Å². The summed E-state index contributed by atoms with van der Waals surface area (Å²) in [5.41, 5.74) is 4.35. The van der Waals surface area contributed by atoms with Gasteiger partial charge in [-0.05, 0) is 32.0 Å². The topological polar surface area (TPSA) is 75.2 Å². The fourth-order valence-corrected chi connectivity index (χ4v) is 1.56. The highest BCUT2D eigenvalue weighted by Gasteiger charge is 2.02. The maximum Gasteiger partial charge on any atom is 0.237 e. The molecular weight excluding hydrogens is 226 g/mol. The molecule has 0 fully saturated rings. The van der Waals surface area contributed by atoms with Gasteiger partial charge in [0.15, 0.2) is 0 Å². The van der Waals surface area contributed by atoms with Crippen LogP contribution in [0.15, 0.2) is 29.4 Å². The summed E-state index contributed by atoms with van der Waals surface area (Å²) < 4.78 is 0. The van der Waals surface area contributed by atoms with E-state index in [1.807, 2.05) is 24.3 Å². The van der Waals surface area contributed by atoms with E-state index in [1.165, 1.54) is 0 Å². The molecule has 0 amide bonds. The molecule has 5 heteroatoms. The molecule has 0 aliphatic heterocycles. The number of nitrogens with one attached hydrogen (secondary N) is 1. The quantitative estimate of drug-likeness (QED) is 0.634. The van der Waals surface area contributed by atoms with E-state index in [1.54, 1.807) is 12.1 Å². The van der Waals surface area contributed by atoms with Gasteiger partial charge in [-0.25, -0.2) is 0 Å². The lowest BCUT2D eigenvalue weighted by Crippen LogP contribution is -2.21. The Hall–Kier alpha value is -2.53. The normalized spacial score (nSPS) is 8.89. The fraction of sp³-hybridized carbons (Fsp3) is 0.308. The van der Waals surface area contributed by atoms with Gasteiger partial charge < -0.3 is 4.90 Å². The van der Waals surface area contributed by atoms with Crippen molar-refractivity contribution in [3.05, 3.63) is 24.3 Å². The number of hydrogen-bond donors (Lipinski definition) is 1. The first kappa shape index (κ1) is 13.5. The van der Waals surface area contributed by atoms with Gasteiger partial charge in [-0.2, -0.15) is 15.6 Å². The smallest absolute Gasteiger partial charge is 0.237 e. The molecule has 5 nitrogen and oxygen atoms in total. The number of rotatable bonds is 5. The third-order valence-corrected chi connectivity index (χ3v) is 2.48. The molecule has 1 aromatic carbocycles. The summed E-state index contributed by atoms with van der Waals surface area (Å²) in [7, 11) is 0. The summed E-state index contributed by atoms with van der Waals surface area (Å²) in [4.78, 5) is 2.20. The van der Waals surface area contributed by atoms with E-state index in [-0.39, 0.29) is 5.71 Å². The van der Waals surface area contributed by atoms with Crippen LogP contribution < -0.4 is 10.3 Å². The molecular formula is C13H15N5. The Labute approximate surface area is 107 Å². The first-order chi connectivity index (χ1) is 8.74. The van der Waals surface area contributed by atoms with Gasteiger partial charge >= 0.3 is 0 Å². The summed E-state index contributed by atoms with van der Waals surface area (Å²) >= 11 is 0. The highest BCUT2D eigenvalue weighted by atomic mass is 15.3. The van der Waals surface area contributed by atoms with Crippen LogP contribution in [0.1, 0.15) is 13.8 Å². The van der Waals surface area contributed by atoms with Crippen LogP contribution in [0.3, 0.4) is 0 Å². The molecule has 92 valence electrons. The number of nitriles is 2. The standard InChI is InChI=1S/C13H15N5/c1-3-18(4-2)13-7-5-6-11(8-13)16-17-12(9-14)10-15/h5-8,16H,3-4H2,1-2H3. The largest absolute Gasteiger partial charge is 0.372 e. The summed E-state index contributed by atoms with van der Waals surface area (Å²) in [6, 6.07) is 11.1. The van der Waals surface area contributed by atoms with Crippen molar-refractivity contribution >= 4 is 17.1 Å². The second-order valence-corrected chi connectivity index (χ2v) is 3.52. The van der Waals surface area contributed by atoms with E-state index >= 15 is 0 Å². The third kappa shape index (κ3) is 3.50. The molecule has 0 saturated heterocycles. The predicted octanol–water partition coefficient (Wildman–Crippen LogP) is 2.35. The molecule has 1 aromatic rings. The Bertz CT molecular complexity index is 487. The van der Waals surface area contributed by atoms with E-state index in [4.69, 9.17) is 10.5 Å². The van der Waals surface area contributed by atoms with Crippen molar-refractivity contribution in [3.8, 4) is 12.1 Å². The molecule has 0 atom stereocenters. The third-order valence-electron chi connectivity index (χ3n) is 2.48. The van der Waals surface area contributed by atoms with Crippen molar-refractivity contribution in [2.24, 2.45) is 5.10 Å². The highest BCUT2D eigenvalue weighted by Crippen LogP contribution is 2.19. The van der Waals surface area contributed by atoms with E-state index in [0.717, 1.165) is 24.5 Å². The van der Waals surface area contributed by atoms with Gasteiger partial charge in [0, 0.05) is 18.8 Å². The second kappa shape index (κ2) is 6.93. The molecule has 0 unspecified atom stereocenters. The number of hydrogen-bond acceptors (Lipinski definition) is 5. The van der Waals surface area contributed by atoms with E-state index < -0.39 is 0 Å². The monoisotopic (exact) mass is 241 g/mol. The molecule has 0 saturated carbocycles. The minimum Gasteiger partial charge on any atom is -0.372 e. The van der Waals surface area contributed by atoms with Crippen LogP contribution in [0, 0.1) is 22.7 Å². The van der Waals surface area contributed by atoms with Gasteiger partial charge in [0.05, 0.1) is 5.69 Å². The van der Waals surface area contributed by atoms with Gasteiger partial charge in [-0.3, -0.25) is 5.43 Å². The number of nitrogens with zero attached hydrogens (tertiary/aromatic N) is 4. The Morgan fingerprint density at radius 2 is 1.94 bits per heavy atom. The van der Waals surface area contributed by atoms with Crippen LogP contribution in [0.4, 0.5) is 11.4 Å². The van der Waals surface area contributed by atoms with Crippen molar-refractivity contribution in [1.82, 2.24) is 0 Å². The maximum absolute atomic E-state index is 8.57. The summed E-state index contributed by atoms with van der Waals surface area (Å²) in [5, 5.41) is 20.9. The lowest BCUT2D eigenvalue weighted by Gasteiger charge is -2.21. The van der Waals surface area contributed by atoms with Gasteiger partial charge in [0.1, 0.15) is 12.1 Å². The van der Waals surface area contributed by atoms with Gasteiger partial charge in [-0.15, -0.1) is 0 Å². The van der Waals surface area contributed by atoms with Crippen LogP contribution in [0.25, 0.3) is 0 Å². The zero-order valence-electron chi connectivity index (χ0n) is 10.5. The van der Waals surface area contributed by atoms with E-state index in [2.05, 4.69) is 29.3 Å². The summed E-state index contributed by atoms with van der Waals surface area (Å²) in [6.45, 7) is 6.02. The molecule has 0 radical (unpaired) electrons. The Kier molecular flexibility index (Phi) is 5.21. The summed E-state index contributed by atoms with van der Waals surface area (Å²) in [6.07, 6.45) is 0. The molecule has 1 rings (SSSR count). The number of anilines is 2. The molecule has 0 bridgehead atoms. The van der Waals surface area contributed by atoms with Crippen LogP contribution in [-0.2, 0) is 0 Å². The van der Waals surface area contributed by atoms with Crippen molar-refractivity contribution in [2.45, 2.75) is 13.8 Å². The molecule has 0 aliphatic carbocycles. The molecule has 1 N–H and O–H groups in total. The average molecular weight is 241 g/mol. The first-order valence-corrected chi connectivity index (χ1v) is 5.74. The van der Waals surface area contributed by atoms with Crippen molar-refractivity contribution < 1.29 is 0 Å². The average Bonchev–Trinajstić information content (AvgIpc) is 2.42. The van der Waals surface area contributed by atoms with Crippen LogP contribution in [0.5, 0.6) is 0 Å². The van der Waals surface area contributed by atoms with E-state index in [0.29, 0.717) is 0 Å². The van der Waals surface area contributed by atoms with E-state index in [9.17, 15) is 0 Å². The minimum absolute atomic E-state index is 0.191. The molecule has 0 aromatic heterocycles. The van der Waals surface area contributed by atoms with Crippen LogP contribution >= 0.6 is 0 Å². The summed E-state index contributed by atoms with van der Waals surface area (Å²) in [5.74, 6) is 0. The predicted molar refractivity (Wildman–Crippen MR) is 72.3 cm³/mol. The lowest BCUT2D eigenvalue weighted by molar-refractivity contribution is 0.866. The van der Waals surface area contributed by atoms with Crippen molar-refractivity contribution in [3.63, 3.8) is 0 Å². The fourth-order valence-electron chi connectivity index (χ4n) is 1.56.